The molecule has 12 heavy (non-hydrogen) atoms. The maximum atomic E-state index is 2.52. The number of hydrogen-bond donors (Lipinski definition) is 0. The standard InChI is InChI=1S/C11H23N/c1-4-9-12(3)10(2)11-7-5-6-8-11/h10-11H,4-9H2,1-3H3. The predicted molar refractivity (Wildman–Crippen MR) is 54.3 cm³/mol. The maximum Gasteiger partial charge on any atom is 0.00921 e. The van der Waals surface area contributed by atoms with Crippen molar-refractivity contribution in [3.8, 4) is 0 Å². The van der Waals surface area contributed by atoms with Crippen molar-refractivity contribution in [2.45, 2.75) is 52.0 Å². The van der Waals surface area contributed by atoms with Gasteiger partial charge in [0.1, 0.15) is 0 Å². The lowest BCUT2D eigenvalue weighted by atomic mass is 9.98. The van der Waals surface area contributed by atoms with E-state index in [2.05, 4.69) is 25.8 Å². The maximum absolute atomic E-state index is 2.52. The predicted octanol–water partition coefficient (Wildman–Crippen LogP) is 2.91. The summed E-state index contributed by atoms with van der Waals surface area (Å²) >= 11 is 0. The van der Waals surface area contributed by atoms with Crippen LogP contribution in [-0.4, -0.2) is 24.5 Å². The van der Waals surface area contributed by atoms with Gasteiger partial charge in [-0.15, -0.1) is 0 Å². The lowest BCUT2D eigenvalue weighted by Crippen LogP contribution is -2.34. The van der Waals surface area contributed by atoms with Crippen molar-refractivity contribution in [1.29, 1.82) is 0 Å². The molecule has 0 aromatic heterocycles. The highest BCUT2D eigenvalue weighted by molar-refractivity contribution is 4.77. The lowest BCUT2D eigenvalue weighted by Gasteiger charge is -2.29. The van der Waals surface area contributed by atoms with Crippen LogP contribution in [0.3, 0.4) is 0 Å². The van der Waals surface area contributed by atoms with Crippen LogP contribution in [0.4, 0.5) is 0 Å². The molecule has 1 unspecified atom stereocenters. The summed E-state index contributed by atoms with van der Waals surface area (Å²) in [4.78, 5) is 2.52. The molecule has 1 atom stereocenters. The molecule has 0 aromatic carbocycles. The van der Waals surface area contributed by atoms with E-state index >= 15 is 0 Å². The Bertz CT molecular complexity index is 116. The monoisotopic (exact) mass is 169 g/mol. The van der Waals surface area contributed by atoms with E-state index in [0.717, 1.165) is 12.0 Å². The summed E-state index contributed by atoms with van der Waals surface area (Å²) in [5.74, 6) is 0.988. The Morgan fingerprint density at radius 2 is 1.92 bits per heavy atom. The second-order valence-corrected chi connectivity index (χ2v) is 4.27. The van der Waals surface area contributed by atoms with Gasteiger partial charge in [0, 0.05) is 6.04 Å². The number of hydrogen-bond acceptors (Lipinski definition) is 1. The van der Waals surface area contributed by atoms with Gasteiger partial charge in [-0.2, -0.15) is 0 Å². The summed E-state index contributed by atoms with van der Waals surface area (Å²) in [5, 5.41) is 0. The highest BCUT2D eigenvalue weighted by atomic mass is 15.1. The van der Waals surface area contributed by atoms with E-state index in [9.17, 15) is 0 Å². The van der Waals surface area contributed by atoms with E-state index in [1.165, 1.54) is 38.6 Å². The molecule has 0 aliphatic heterocycles. The first kappa shape index (κ1) is 10.0. The van der Waals surface area contributed by atoms with Crippen molar-refractivity contribution in [3.63, 3.8) is 0 Å². The van der Waals surface area contributed by atoms with Gasteiger partial charge >= 0.3 is 0 Å². The summed E-state index contributed by atoms with van der Waals surface area (Å²) in [7, 11) is 2.27. The van der Waals surface area contributed by atoms with Crippen LogP contribution in [0.15, 0.2) is 0 Å². The fourth-order valence-corrected chi connectivity index (χ4v) is 2.36. The van der Waals surface area contributed by atoms with Crippen LogP contribution in [0, 0.1) is 5.92 Å². The van der Waals surface area contributed by atoms with E-state index in [4.69, 9.17) is 0 Å². The van der Waals surface area contributed by atoms with E-state index in [-0.39, 0.29) is 0 Å². The molecule has 0 spiro atoms. The highest BCUT2D eigenvalue weighted by Gasteiger charge is 2.23. The third kappa shape index (κ3) is 2.48. The zero-order valence-electron chi connectivity index (χ0n) is 8.84. The third-order valence-corrected chi connectivity index (χ3v) is 3.35. The molecule has 0 amide bonds. The topological polar surface area (TPSA) is 3.24 Å². The van der Waals surface area contributed by atoms with Crippen LogP contribution in [0.5, 0.6) is 0 Å². The van der Waals surface area contributed by atoms with Gasteiger partial charge < -0.3 is 4.90 Å². The Kier molecular flexibility index (Phi) is 4.07. The molecule has 72 valence electrons. The van der Waals surface area contributed by atoms with Gasteiger partial charge in [-0.05, 0) is 45.7 Å². The molecule has 0 radical (unpaired) electrons. The van der Waals surface area contributed by atoms with Crippen molar-refractivity contribution < 1.29 is 0 Å². The largest absolute Gasteiger partial charge is 0.303 e. The summed E-state index contributed by atoms with van der Waals surface area (Å²) in [5.41, 5.74) is 0. The van der Waals surface area contributed by atoms with Gasteiger partial charge in [0.25, 0.3) is 0 Å². The molecule has 1 saturated carbocycles. The average Bonchev–Trinajstić information content (AvgIpc) is 2.55. The van der Waals surface area contributed by atoms with Crippen molar-refractivity contribution >= 4 is 0 Å². The van der Waals surface area contributed by atoms with Crippen molar-refractivity contribution in [2.75, 3.05) is 13.6 Å². The van der Waals surface area contributed by atoms with Gasteiger partial charge in [0.15, 0.2) is 0 Å². The summed E-state index contributed by atoms with van der Waals surface area (Å²) in [6.07, 6.45) is 7.15. The molecule has 0 bridgehead atoms. The highest BCUT2D eigenvalue weighted by Crippen LogP contribution is 2.29. The van der Waals surface area contributed by atoms with Crippen LogP contribution < -0.4 is 0 Å². The smallest absolute Gasteiger partial charge is 0.00921 e. The Hall–Kier alpha value is -0.0400. The van der Waals surface area contributed by atoms with Gasteiger partial charge in [-0.25, -0.2) is 0 Å². The SMILES string of the molecule is CCCN(C)C(C)C1CCCC1. The van der Waals surface area contributed by atoms with Crippen LogP contribution in [0.1, 0.15) is 46.0 Å². The van der Waals surface area contributed by atoms with Crippen molar-refractivity contribution in [2.24, 2.45) is 5.92 Å². The first-order chi connectivity index (χ1) is 5.75. The first-order valence-corrected chi connectivity index (χ1v) is 5.46. The molecular formula is C11H23N. The Morgan fingerprint density at radius 1 is 1.33 bits per heavy atom. The zero-order valence-corrected chi connectivity index (χ0v) is 8.84. The minimum absolute atomic E-state index is 0.812. The third-order valence-electron chi connectivity index (χ3n) is 3.35. The second-order valence-electron chi connectivity index (χ2n) is 4.27. The lowest BCUT2D eigenvalue weighted by molar-refractivity contribution is 0.192. The van der Waals surface area contributed by atoms with E-state index < -0.39 is 0 Å². The van der Waals surface area contributed by atoms with Gasteiger partial charge in [-0.3, -0.25) is 0 Å². The molecule has 1 rings (SSSR count). The van der Waals surface area contributed by atoms with Gasteiger partial charge in [0.05, 0.1) is 0 Å². The number of rotatable bonds is 4. The van der Waals surface area contributed by atoms with Crippen LogP contribution in [0.25, 0.3) is 0 Å². The molecule has 1 aliphatic carbocycles. The Morgan fingerprint density at radius 3 is 2.42 bits per heavy atom. The summed E-state index contributed by atoms with van der Waals surface area (Å²) in [6, 6.07) is 0.812. The van der Waals surface area contributed by atoms with Gasteiger partial charge in [-0.1, -0.05) is 19.8 Å². The molecule has 0 heterocycles. The first-order valence-electron chi connectivity index (χ1n) is 5.46. The molecule has 0 saturated heterocycles. The number of nitrogens with zero attached hydrogens (tertiary/aromatic N) is 1. The minimum Gasteiger partial charge on any atom is -0.303 e. The van der Waals surface area contributed by atoms with Crippen LogP contribution in [0.2, 0.25) is 0 Å². The molecule has 0 N–H and O–H groups in total. The Labute approximate surface area is 77.1 Å². The fourth-order valence-electron chi connectivity index (χ4n) is 2.36. The fraction of sp³-hybridized carbons (Fsp3) is 1.00. The zero-order chi connectivity index (χ0) is 8.97. The average molecular weight is 169 g/mol. The van der Waals surface area contributed by atoms with Crippen LogP contribution >= 0.6 is 0 Å². The second kappa shape index (κ2) is 4.86. The summed E-state index contributed by atoms with van der Waals surface area (Å²) in [6.45, 7) is 5.92. The van der Waals surface area contributed by atoms with E-state index in [0.29, 0.717) is 0 Å². The van der Waals surface area contributed by atoms with Crippen molar-refractivity contribution in [1.82, 2.24) is 4.90 Å². The molecule has 1 nitrogen and oxygen atoms in total. The van der Waals surface area contributed by atoms with Gasteiger partial charge in [0.2, 0.25) is 0 Å². The molecule has 0 aromatic rings. The van der Waals surface area contributed by atoms with Crippen molar-refractivity contribution in [3.05, 3.63) is 0 Å². The normalized spacial score (nSPS) is 22.0. The Balaban J connectivity index is 2.29. The summed E-state index contributed by atoms with van der Waals surface area (Å²) < 4.78 is 0. The van der Waals surface area contributed by atoms with E-state index in [1.807, 2.05) is 0 Å². The molecule has 1 fully saturated rings. The van der Waals surface area contributed by atoms with E-state index in [1.54, 1.807) is 0 Å². The minimum atomic E-state index is 0.812. The molecule has 1 heteroatoms. The molecule has 1 aliphatic rings. The molecular weight excluding hydrogens is 146 g/mol. The quantitative estimate of drug-likeness (QED) is 0.625. The van der Waals surface area contributed by atoms with Crippen LogP contribution in [-0.2, 0) is 0 Å².